The molecule has 2 amide bonds. The molecule has 3 rings (SSSR count). The molecule has 1 aliphatic heterocycles. The number of halogens is 2. The molecule has 0 radical (unpaired) electrons. The molecular formula is C18H22ClFN2O5S. The Morgan fingerprint density at radius 3 is 2.75 bits per heavy atom. The number of anilines is 1. The van der Waals surface area contributed by atoms with E-state index in [0.717, 1.165) is 18.4 Å². The summed E-state index contributed by atoms with van der Waals surface area (Å²) in [6.07, 6.45) is 1.88. The van der Waals surface area contributed by atoms with Crippen LogP contribution in [0.5, 0.6) is 5.75 Å². The molecule has 1 heterocycles. The van der Waals surface area contributed by atoms with E-state index in [1.807, 2.05) is 13.0 Å². The molecular weight excluding hydrogens is 411 g/mol. The number of alkyl halides is 1. The zero-order valence-electron chi connectivity index (χ0n) is 15.2. The fourth-order valence-corrected chi connectivity index (χ4v) is 5.82. The van der Waals surface area contributed by atoms with Crippen LogP contribution < -0.4 is 10.6 Å². The number of hydrogen-bond acceptors (Lipinski definition) is 5. The van der Waals surface area contributed by atoms with Crippen molar-refractivity contribution in [1.82, 2.24) is 5.32 Å². The summed E-state index contributed by atoms with van der Waals surface area (Å²) in [5.41, 5.74) is 0.912. The molecule has 28 heavy (non-hydrogen) atoms. The van der Waals surface area contributed by atoms with Crippen LogP contribution in [-0.2, 0) is 14.6 Å². The number of phenols is 1. The summed E-state index contributed by atoms with van der Waals surface area (Å²) in [5, 5.41) is 14.1. The maximum absolute atomic E-state index is 14.2. The number of aromatic hydroxyl groups is 1. The Morgan fingerprint density at radius 1 is 1.36 bits per heavy atom. The van der Waals surface area contributed by atoms with E-state index in [1.165, 1.54) is 12.1 Å². The Bertz CT molecular complexity index is 905. The van der Waals surface area contributed by atoms with E-state index in [-0.39, 0.29) is 36.4 Å². The van der Waals surface area contributed by atoms with Gasteiger partial charge in [0.25, 0.3) is 0 Å². The van der Waals surface area contributed by atoms with E-state index in [9.17, 15) is 22.7 Å². The highest BCUT2D eigenvalue weighted by molar-refractivity contribution is 7.92. The van der Waals surface area contributed by atoms with Gasteiger partial charge in [0.1, 0.15) is 16.3 Å². The van der Waals surface area contributed by atoms with Crippen LogP contribution >= 0.6 is 11.6 Å². The molecule has 1 aliphatic carbocycles. The summed E-state index contributed by atoms with van der Waals surface area (Å²) in [7, 11) is -4.28. The van der Waals surface area contributed by atoms with Gasteiger partial charge in [-0.25, -0.2) is 17.6 Å². The van der Waals surface area contributed by atoms with Crippen molar-refractivity contribution >= 4 is 33.2 Å². The van der Waals surface area contributed by atoms with Gasteiger partial charge in [-0.2, -0.15) is 0 Å². The van der Waals surface area contributed by atoms with Gasteiger partial charge < -0.3 is 20.5 Å². The number of amides is 2. The Morgan fingerprint density at radius 2 is 2.11 bits per heavy atom. The smallest absolute Gasteiger partial charge is 0.319 e. The first-order chi connectivity index (χ1) is 13.2. The van der Waals surface area contributed by atoms with Gasteiger partial charge in [-0.15, -0.1) is 0 Å². The lowest BCUT2D eigenvalue weighted by Gasteiger charge is -2.26. The number of carbonyl (C=O) groups excluding carboxylic acids is 1. The monoisotopic (exact) mass is 432 g/mol. The molecule has 1 aromatic rings. The number of carbonyl (C=O) groups is 1. The number of benzene rings is 1. The van der Waals surface area contributed by atoms with E-state index in [0.29, 0.717) is 0 Å². The van der Waals surface area contributed by atoms with E-state index in [4.69, 9.17) is 16.3 Å². The largest absolute Gasteiger partial charge is 0.504 e. The predicted octanol–water partition coefficient (Wildman–Crippen LogP) is 3.18. The van der Waals surface area contributed by atoms with Crippen LogP contribution in [0, 0.1) is 0 Å². The van der Waals surface area contributed by atoms with Crippen LogP contribution in [0.3, 0.4) is 0 Å². The first-order valence-electron chi connectivity index (χ1n) is 8.93. The summed E-state index contributed by atoms with van der Waals surface area (Å²) < 4.78 is 44.9. The number of phenolic OH excluding ortho intramolecular Hbond substituents is 1. The summed E-state index contributed by atoms with van der Waals surface area (Å²) in [6, 6.07) is 1.84. The van der Waals surface area contributed by atoms with Crippen LogP contribution in [0.1, 0.15) is 26.2 Å². The number of hydrogen-bond donors (Lipinski definition) is 3. The van der Waals surface area contributed by atoms with Gasteiger partial charge in [0.15, 0.2) is 15.6 Å². The molecule has 3 unspecified atom stereocenters. The first kappa shape index (κ1) is 20.9. The first-order valence-corrected chi connectivity index (χ1v) is 10.9. The van der Waals surface area contributed by atoms with E-state index < -0.39 is 37.9 Å². The van der Waals surface area contributed by atoms with Crippen molar-refractivity contribution in [3.63, 3.8) is 0 Å². The highest BCUT2D eigenvalue weighted by Gasteiger charge is 2.40. The molecule has 0 bridgehead atoms. The van der Waals surface area contributed by atoms with E-state index in [2.05, 4.69) is 10.6 Å². The van der Waals surface area contributed by atoms with Crippen molar-refractivity contribution in [2.24, 2.45) is 0 Å². The third-order valence-corrected chi connectivity index (χ3v) is 7.76. The van der Waals surface area contributed by atoms with E-state index in [1.54, 1.807) is 0 Å². The lowest BCUT2D eigenvalue weighted by atomic mass is 10.2. The number of nitrogens with one attached hydrogen (secondary N) is 2. The highest BCUT2D eigenvalue weighted by atomic mass is 35.5. The SMILES string of the molecule is CC1=CCCC1NC(=O)Nc1ccc(Cl)c(S(=O)(=O)C2CCOCC2F)c1O. The average molecular weight is 433 g/mol. The third kappa shape index (κ3) is 4.11. The second-order valence-electron chi connectivity index (χ2n) is 6.91. The minimum Gasteiger partial charge on any atom is -0.504 e. The fourth-order valence-electron chi connectivity index (χ4n) is 3.45. The quantitative estimate of drug-likeness (QED) is 0.500. The normalized spacial score (nSPS) is 25.2. The summed E-state index contributed by atoms with van der Waals surface area (Å²) in [5.74, 6) is -0.708. The van der Waals surface area contributed by atoms with Crippen LogP contribution in [0.25, 0.3) is 0 Å². The summed E-state index contributed by atoms with van der Waals surface area (Å²) >= 11 is 6.02. The van der Waals surface area contributed by atoms with Gasteiger partial charge in [0, 0.05) is 6.61 Å². The maximum Gasteiger partial charge on any atom is 0.319 e. The van der Waals surface area contributed by atoms with Gasteiger partial charge in [-0.1, -0.05) is 23.3 Å². The number of sulfone groups is 1. The van der Waals surface area contributed by atoms with Crippen LogP contribution in [0.2, 0.25) is 5.02 Å². The lowest BCUT2D eigenvalue weighted by Crippen LogP contribution is -2.40. The minimum atomic E-state index is -4.28. The molecule has 1 saturated heterocycles. The summed E-state index contributed by atoms with van der Waals surface area (Å²) in [6.45, 7) is 1.66. The molecule has 2 aliphatic rings. The molecule has 154 valence electrons. The molecule has 1 fully saturated rings. The highest BCUT2D eigenvalue weighted by Crippen LogP contribution is 2.40. The molecule has 10 heteroatoms. The van der Waals surface area contributed by atoms with Crippen molar-refractivity contribution in [2.45, 2.75) is 48.5 Å². The number of urea groups is 1. The molecule has 0 aromatic heterocycles. The van der Waals surface area contributed by atoms with Crippen molar-refractivity contribution < 1.29 is 27.4 Å². The molecule has 3 N–H and O–H groups in total. The van der Waals surface area contributed by atoms with E-state index >= 15 is 0 Å². The molecule has 7 nitrogen and oxygen atoms in total. The fraction of sp³-hybridized carbons (Fsp3) is 0.500. The standard InChI is InChI=1S/C18H22ClFN2O5S/c1-10-3-2-4-13(10)21-18(24)22-14-6-5-11(19)17(16(14)23)28(25,26)15-7-8-27-9-12(15)20/h3,5-6,12-13,15,23H,2,4,7-9H2,1H3,(H2,21,22,24). The Kier molecular flexibility index (Phi) is 6.16. The summed E-state index contributed by atoms with van der Waals surface area (Å²) in [4.78, 5) is 11.7. The molecule has 1 aromatic carbocycles. The predicted molar refractivity (Wildman–Crippen MR) is 103 cm³/mol. The third-order valence-electron chi connectivity index (χ3n) is 5.02. The second-order valence-corrected chi connectivity index (χ2v) is 9.42. The van der Waals surface area contributed by atoms with Crippen molar-refractivity contribution in [2.75, 3.05) is 18.5 Å². The minimum absolute atomic E-state index is 0.0509. The molecule has 3 atom stereocenters. The maximum atomic E-state index is 14.2. The van der Waals surface area contributed by atoms with Gasteiger partial charge in [-0.05, 0) is 38.3 Å². The van der Waals surface area contributed by atoms with Gasteiger partial charge in [-0.3, -0.25) is 0 Å². The average Bonchev–Trinajstić information content (AvgIpc) is 3.02. The number of ether oxygens (including phenoxy) is 1. The second kappa shape index (κ2) is 8.26. The molecule has 0 saturated carbocycles. The van der Waals surface area contributed by atoms with Crippen molar-refractivity contribution in [3.8, 4) is 5.75 Å². The number of rotatable bonds is 4. The van der Waals surface area contributed by atoms with Crippen LogP contribution in [0.15, 0.2) is 28.7 Å². The van der Waals surface area contributed by atoms with Crippen LogP contribution in [-0.4, -0.2) is 50.2 Å². The van der Waals surface area contributed by atoms with Crippen molar-refractivity contribution in [1.29, 1.82) is 0 Å². The van der Waals surface area contributed by atoms with Crippen LogP contribution in [0.4, 0.5) is 14.9 Å². The lowest BCUT2D eigenvalue weighted by molar-refractivity contribution is 0.0390. The van der Waals surface area contributed by atoms with Gasteiger partial charge in [0.2, 0.25) is 0 Å². The topological polar surface area (TPSA) is 105 Å². The molecule has 0 spiro atoms. The zero-order valence-corrected chi connectivity index (χ0v) is 16.8. The van der Waals surface area contributed by atoms with Gasteiger partial charge in [0.05, 0.1) is 23.4 Å². The number of allylic oxidation sites excluding steroid dienone is 1. The Hall–Kier alpha value is -1.84. The zero-order chi connectivity index (χ0) is 20.5. The van der Waals surface area contributed by atoms with Gasteiger partial charge >= 0.3 is 6.03 Å². The Labute approximate surface area is 167 Å². The van der Waals surface area contributed by atoms with Crippen molar-refractivity contribution in [3.05, 3.63) is 28.8 Å². The Balaban J connectivity index is 1.85.